The zero-order chi connectivity index (χ0) is 47.8. The van der Waals surface area contributed by atoms with Gasteiger partial charge in [0.25, 0.3) is 0 Å². The average Bonchev–Trinajstić information content (AvgIpc) is 3.26. The van der Waals surface area contributed by atoms with Crippen molar-refractivity contribution < 1.29 is 32.9 Å². The Morgan fingerprint density at radius 1 is 0.538 bits per heavy atom. The Labute approximate surface area is 399 Å². The van der Waals surface area contributed by atoms with Gasteiger partial charge < -0.3 is 19.8 Å². The molecule has 0 aromatic carbocycles. The second kappa shape index (κ2) is 46.0. The molecule has 0 aliphatic carbocycles. The molecule has 8 nitrogen and oxygen atoms in total. The molecule has 0 aromatic heterocycles. The highest BCUT2D eigenvalue weighted by molar-refractivity contribution is 7.47. The monoisotopic (exact) mass is 924 g/mol. The van der Waals surface area contributed by atoms with Crippen LogP contribution in [0.1, 0.15) is 174 Å². The molecule has 0 spiro atoms. The molecule has 3 N–H and O–H groups in total. The number of amides is 1. The highest BCUT2D eigenvalue weighted by atomic mass is 31.2. The molecule has 0 aliphatic heterocycles. The van der Waals surface area contributed by atoms with E-state index >= 15 is 0 Å². The first-order chi connectivity index (χ1) is 31.5. The smallest absolute Gasteiger partial charge is 0.387 e. The number of hydrogen-bond donors (Lipinski definition) is 3. The number of hydrogen-bond acceptors (Lipinski definition) is 5. The molecule has 0 saturated carbocycles. The number of nitrogens with one attached hydrogen (secondary N) is 1. The zero-order valence-electron chi connectivity index (χ0n) is 41.9. The van der Waals surface area contributed by atoms with E-state index in [1.807, 2.05) is 27.2 Å². The molecule has 0 rings (SSSR count). The van der Waals surface area contributed by atoms with Crippen LogP contribution in [-0.2, 0) is 18.4 Å². The van der Waals surface area contributed by atoms with E-state index in [2.05, 4.69) is 129 Å². The molecule has 9 heteroatoms. The van der Waals surface area contributed by atoms with Crippen LogP contribution in [0.3, 0.4) is 0 Å². The third kappa shape index (κ3) is 48.6. The second-order valence-electron chi connectivity index (χ2n) is 17.8. The largest absolute Gasteiger partial charge is 0.472 e. The maximum Gasteiger partial charge on any atom is 0.472 e. The van der Waals surface area contributed by atoms with Crippen LogP contribution in [0.2, 0.25) is 0 Å². The number of rotatable bonds is 44. The lowest BCUT2D eigenvalue weighted by Crippen LogP contribution is -2.45. The maximum atomic E-state index is 12.9. The van der Waals surface area contributed by atoms with E-state index in [1.165, 1.54) is 57.8 Å². The molecule has 1 amide bonds. The molecule has 0 heterocycles. The van der Waals surface area contributed by atoms with E-state index in [-0.39, 0.29) is 19.1 Å². The molecular weight excluding hydrogens is 828 g/mol. The van der Waals surface area contributed by atoms with Crippen LogP contribution < -0.4 is 5.32 Å². The van der Waals surface area contributed by atoms with E-state index in [0.717, 1.165) is 89.9 Å². The van der Waals surface area contributed by atoms with Gasteiger partial charge in [-0.1, -0.05) is 187 Å². The van der Waals surface area contributed by atoms with Crippen LogP contribution in [0, 0.1) is 0 Å². The third-order valence-electron chi connectivity index (χ3n) is 10.4. The summed E-state index contributed by atoms with van der Waals surface area (Å²) in [6.45, 7) is 4.61. The van der Waals surface area contributed by atoms with Gasteiger partial charge in [0.05, 0.1) is 39.9 Å². The van der Waals surface area contributed by atoms with Crippen LogP contribution in [0.4, 0.5) is 0 Å². The van der Waals surface area contributed by atoms with Crippen LogP contribution in [-0.4, -0.2) is 73.4 Å². The highest BCUT2D eigenvalue weighted by Crippen LogP contribution is 2.43. The Morgan fingerprint density at radius 3 is 1.42 bits per heavy atom. The number of phosphoric acid groups is 1. The number of aliphatic hydroxyl groups excluding tert-OH is 1. The van der Waals surface area contributed by atoms with Gasteiger partial charge in [-0.15, -0.1) is 0 Å². The van der Waals surface area contributed by atoms with Crippen molar-refractivity contribution in [2.45, 2.75) is 187 Å². The van der Waals surface area contributed by atoms with E-state index in [1.54, 1.807) is 6.08 Å². The fraction of sp³-hybridized carbons (Fsp3) is 0.625. The van der Waals surface area contributed by atoms with Crippen molar-refractivity contribution in [2.24, 2.45) is 0 Å². The molecule has 0 aromatic rings. The van der Waals surface area contributed by atoms with Gasteiger partial charge in [-0.25, -0.2) is 4.57 Å². The number of likely N-dealkylation sites (N-methyl/N-ethyl adjacent to an activating group) is 1. The Hall–Kier alpha value is -3.10. The lowest BCUT2D eigenvalue weighted by Gasteiger charge is -2.25. The molecule has 0 bridgehead atoms. The van der Waals surface area contributed by atoms with E-state index in [9.17, 15) is 19.4 Å². The summed E-state index contributed by atoms with van der Waals surface area (Å²) < 4.78 is 23.6. The van der Waals surface area contributed by atoms with Crippen LogP contribution in [0.5, 0.6) is 0 Å². The van der Waals surface area contributed by atoms with Crippen molar-refractivity contribution in [3.05, 3.63) is 122 Å². The average molecular weight is 924 g/mol. The number of quaternary nitrogens is 1. The summed E-state index contributed by atoms with van der Waals surface area (Å²) >= 11 is 0. The van der Waals surface area contributed by atoms with Crippen LogP contribution >= 0.6 is 7.82 Å². The SMILES string of the molecule is CC/C=C\C/C=C\C/C=C\C/C=C\C/C=C\C/C=C\C/C=C\CCCCCC(=O)NC(COP(=O)(O)OCC[N+](C)(C)C)C(O)/C=C/CC/C=C/CC/C=C/CCCCCCCCCC. The number of phosphoric ester groups is 1. The van der Waals surface area contributed by atoms with Crippen LogP contribution in [0.15, 0.2) is 122 Å². The fourth-order valence-corrected chi connectivity index (χ4v) is 7.14. The maximum absolute atomic E-state index is 12.9. The lowest BCUT2D eigenvalue weighted by atomic mass is 10.1. The zero-order valence-corrected chi connectivity index (χ0v) is 42.8. The summed E-state index contributed by atoms with van der Waals surface area (Å²) in [5.41, 5.74) is 0. The van der Waals surface area contributed by atoms with Gasteiger partial charge in [0, 0.05) is 6.42 Å². The van der Waals surface area contributed by atoms with Crippen molar-refractivity contribution >= 4 is 13.7 Å². The van der Waals surface area contributed by atoms with Crippen molar-refractivity contribution in [1.82, 2.24) is 5.32 Å². The quantitative estimate of drug-likeness (QED) is 0.0243. The summed E-state index contributed by atoms with van der Waals surface area (Å²) in [5.74, 6) is -0.229. The number of unbranched alkanes of at least 4 members (excludes halogenated alkanes) is 13. The summed E-state index contributed by atoms with van der Waals surface area (Å²) in [7, 11) is 1.50. The van der Waals surface area contributed by atoms with Crippen molar-refractivity contribution in [3.63, 3.8) is 0 Å². The first-order valence-electron chi connectivity index (χ1n) is 25.4. The summed E-state index contributed by atoms with van der Waals surface area (Å²) in [6, 6.07) is -0.897. The Bertz CT molecular complexity index is 1460. The molecular formula is C56H96N2O6P+. The number of carbonyl (C=O) groups is 1. The minimum Gasteiger partial charge on any atom is -0.387 e. The van der Waals surface area contributed by atoms with Crippen LogP contribution in [0.25, 0.3) is 0 Å². The summed E-state index contributed by atoms with van der Waals surface area (Å²) in [4.78, 5) is 23.2. The normalized spacial score (nSPS) is 15.1. The number of allylic oxidation sites excluding steroid dienone is 19. The first kappa shape index (κ1) is 61.9. The standard InChI is InChI=1S/C56H95N2O6P/c1-6-8-10-12-14-16-18-20-22-24-26-27-28-29-30-31-32-34-36-38-40-42-44-46-48-50-56(60)57-54(53-64-65(61,62)63-52-51-58(3,4)5)55(59)49-47-45-43-41-39-37-35-33-25-23-21-19-17-15-13-11-9-7-2/h8,10,14,16,20,22,25-27,29-30,32-34,38-41,47,49,54-55,59H,6-7,9,11-13,15,17-19,21,23-24,28,31,35-37,42-46,48,50-53H2,1-5H3,(H-,57,60,61,62)/p+1/b10-8-,16-14-,22-20-,27-26-,30-29-,33-25+,34-32-,40-38-,41-39+,49-47+. The number of aliphatic hydroxyl groups is 1. The van der Waals surface area contributed by atoms with Gasteiger partial charge in [0.1, 0.15) is 13.2 Å². The van der Waals surface area contributed by atoms with Crippen molar-refractivity contribution in [3.8, 4) is 0 Å². The molecule has 65 heavy (non-hydrogen) atoms. The Morgan fingerprint density at radius 2 is 0.938 bits per heavy atom. The Balaban J connectivity index is 4.50. The fourth-order valence-electron chi connectivity index (χ4n) is 6.40. The predicted molar refractivity (Wildman–Crippen MR) is 281 cm³/mol. The highest BCUT2D eigenvalue weighted by Gasteiger charge is 2.27. The molecule has 3 atom stereocenters. The van der Waals surface area contributed by atoms with Crippen molar-refractivity contribution in [1.29, 1.82) is 0 Å². The minimum atomic E-state index is -4.37. The van der Waals surface area contributed by atoms with E-state index in [0.29, 0.717) is 23.9 Å². The number of nitrogens with zero attached hydrogens (tertiary/aromatic N) is 1. The van der Waals surface area contributed by atoms with Gasteiger partial charge in [-0.2, -0.15) is 0 Å². The molecule has 370 valence electrons. The topological polar surface area (TPSA) is 105 Å². The van der Waals surface area contributed by atoms with Gasteiger partial charge in [-0.05, 0) is 103 Å². The second-order valence-corrected chi connectivity index (χ2v) is 19.2. The van der Waals surface area contributed by atoms with E-state index < -0.39 is 20.0 Å². The molecule has 0 fully saturated rings. The third-order valence-corrected chi connectivity index (χ3v) is 11.4. The lowest BCUT2D eigenvalue weighted by molar-refractivity contribution is -0.870. The first-order valence-corrected chi connectivity index (χ1v) is 26.9. The van der Waals surface area contributed by atoms with Gasteiger partial charge in [0.15, 0.2) is 0 Å². The van der Waals surface area contributed by atoms with Crippen molar-refractivity contribution in [2.75, 3.05) is 40.9 Å². The predicted octanol–water partition coefficient (Wildman–Crippen LogP) is 15.0. The minimum absolute atomic E-state index is 0.0393. The number of carbonyl (C=O) groups excluding carboxylic acids is 1. The van der Waals surface area contributed by atoms with Gasteiger partial charge >= 0.3 is 7.82 Å². The van der Waals surface area contributed by atoms with Gasteiger partial charge in [-0.3, -0.25) is 13.8 Å². The van der Waals surface area contributed by atoms with E-state index in [4.69, 9.17) is 9.05 Å². The van der Waals surface area contributed by atoms with Gasteiger partial charge in [0.2, 0.25) is 5.91 Å². The molecule has 0 aliphatic rings. The molecule has 0 saturated heterocycles. The summed E-state index contributed by atoms with van der Waals surface area (Å²) in [6.07, 6.45) is 68.5. The molecule has 3 unspecified atom stereocenters. The Kier molecular flexibility index (Phi) is 43.8. The molecule has 0 radical (unpaired) electrons. The summed E-state index contributed by atoms with van der Waals surface area (Å²) in [5, 5.41) is 13.8.